The molecule has 3 rings (SSSR count). The van der Waals surface area contributed by atoms with Gasteiger partial charge in [-0.1, -0.05) is 16.4 Å². The van der Waals surface area contributed by atoms with Crippen molar-refractivity contribution in [2.24, 2.45) is 5.10 Å². The molecule has 0 saturated heterocycles. The highest BCUT2D eigenvalue weighted by atomic mass is 32.1. The summed E-state index contributed by atoms with van der Waals surface area (Å²) in [6, 6.07) is 7.87. The van der Waals surface area contributed by atoms with E-state index in [4.69, 9.17) is 4.74 Å². The van der Waals surface area contributed by atoms with Crippen LogP contribution in [0, 0.1) is 13.8 Å². The van der Waals surface area contributed by atoms with Gasteiger partial charge in [0.2, 0.25) is 0 Å². The summed E-state index contributed by atoms with van der Waals surface area (Å²) in [5.74, 6) is 0.843. The molecule has 0 saturated carbocycles. The van der Waals surface area contributed by atoms with Crippen LogP contribution in [0.3, 0.4) is 0 Å². The predicted molar refractivity (Wildman–Crippen MR) is 99.5 cm³/mol. The minimum Gasteiger partial charge on any atom is -0.497 e. The summed E-state index contributed by atoms with van der Waals surface area (Å²) in [4.78, 5) is 11.3. The molecular weight excluding hydrogens is 340 g/mol. The Labute approximate surface area is 149 Å². The van der Waals surface area contributed by atoms with Crippen molar-refractivity contribution in [2.75, 3.05) is 7.11 Å². The van der Waals surface area contributed by atoms with Gasteiger partial charge in [0.25, 0.3) is 0 Å². The molecule has 0 fully saturated rings. The second kappa shape index (κ2) is 7.21. The minimum atomic E-state index is 0.843. The molecule has 124 valence electrons. The number of nitrogens with two attached hydrogens (primary N) is 1. The van der Waals surface area contributed by atoms with E-state index >= 15 is 0 Å². The number of hydrogen-bond acceptors (Lipinski definition) is 6. The van der Waals surface area contributed by atoms with E-state index in [1.165, 1.54) is 4.88 Å². The van der Waals surface area contributed by atoms with Crippen LogP contribution in [0.2, 0.25) is 0 Å². The maximum absolute atomic E-state index is 5.17. The number of methoxy groups -OCH3 is 1. The molecule has 0 aliphatic rings. The third-order valence-electron chi connectivity index (χ3n) is 3.53. The first-order valence-corrected chi connectivity index (χ1v) is 9.12. The summed E-state index contributed by atoms with van der Waals surface area (Å²) < 4.78 is 5.17. The van der Waals surface area contributed by atoms with Gasteiger partial charge in [-0.25, -0.2) is 4.98 Å². The number of aryl methyl sites for hydroxylation is 2. The van der Waals surface area contributed by atoms with Gasteiger partial charge in [0.15, 0.2) is 0 Å². The van der Waals surface area contributed by atoms with E-state index in [0.717, 1.165) is 37.7 Å². The predicted octanol–water partition coefficient (Wildman–Crippen LogP) is 3.51. The Morgan fingerprint density at radius 3 is 2.54 bits per heavy atom. The van der Waals surface area contributed by atoms with Gasteiger partial charge in [0.05, 0.1) is 33.8 Å². The molecule has 2 N–H and O–H groups in total. The molecule has 1 aromatic carbocycles. The summed E-state index contributed by atoms with van der Waals surface area (Å²) in [5, 5.41) is 6.51. The van der Waals surface area contributed by atoms with Crippen molar-refractivity contribution in [1.29, 1.82) is 0 Å². The van der Waals surface area contributed by atoms with Crippen molar-refractivity contribution in [3.05, 3.63) is 46.7 Å². The lowest BCUT2D eigenvalue weighted by molar-refractivity contribution is -0.577. The van der Waals surface area contributed by atoms with E-state index in [1.807, 2.05) is 56.7 Å². The first-order chi connectivity index (χ1) is 11.6. The molecule has 0 spiro atoms. The lowest BCUT2D eigenvalue weighted by Gasteiger charge is -2.01. The average molecular weight is 360 g/mol. The molecule has 0 radical (unpaired) electrons. The molecule has 0 aliphatic heterocycles. The van der Waals surface area contributed by atoms with E-state index in [9.17, 15) is 0 Å². The lowest BCUT2D eigenvalue weighted by Crippen LogP contribution is -2.71. The normalized spacial score (nSPS) is 11.8. The minimum absolute atomic E-state index is 0.843. The third kappa shape index (κ3) is 3.69. The van der Waals surface area contributed by atoms with Crippen molar-refractivity contribution >= 4 is 33.5 Å². The van der Waals surface area contributed by atoms with Crippen LogP contribution in [0.1, 0.15) is 23.2 Å². The molecule has 7 heteroatoms. The standard InChI is InChI=1S/C17H18N4OS2/c1-10(13-5-7-14(22-4)8-6-13)20-21-17-18-9-15(24-17)16-11(2)19-12(3)23-16/h5-9H,1-4H3,(H,18,21)/p+1. The van der Waals surface area contributed by atoms with Gasteiger partial charge < -0.3 is 4.74 Å². The first-order valence-electron chi connectivity index (χ1n) is 7.49. The SMILES string of the molecule is COc1ccc(C(C)=N[NH2+]c2ncc(-c3sc(C)nc3C)s2)cc1. The van der Waals surface area contributed by atoms with Crippen molar-refractivity contribution in [2.45, 2.75) is 20.8 Å². The van der Waals surface area contributed by atoms with Gasteiger partial charge in [0.1, 0.15) is 11.5 Å². The monoisotopic (exact) mass is 359 g/mol. The highest BCUT2D eigenvalue weighted by molar-refractivity contribution is 7.23. The van der Waals surface area contributed by atoms with Crippen LogP contribution in [-0.4, -0.2) is 22.8 Å². The molecule has 0 unspecified atom stereocenters. The summed E-state index contributed by atoms with van der Waals surface area (Å²) in [7, 11) is 1.66. The van der Waals surface area contributed by atoms with E-state index in [2.05, 4.69) is 15.1 Å². The second-order valence-corrected chi connectivity index (χ2v) is 7.55. The van der Waals surface area contributed by atoms with E-state index in [1.54, 1.807) is 29.8 Å². The summed E-state index contributed by atoms with van der Waals surface area (Å²) in [6.07, 6.45) is 1.90. The van der Waals surface area contributed by atoms with Gasteiger partial charge in [-0.2, -0.15) is 10.4 Å². The zero-order chi connectivity index (χ0) is 17.1. The average Bonchev–Trinajstić information content (AvgIpc) is 3.18. The van der Waals surface area contributed by atoms with Crippen molar-refractivity contribution < 1.29 is 10.2 Å². The quantitative estimate of drug-likeness (QED) is 0.431. The maximum atomic E-state index is 5.17. The topological polar surface area (TPSA) is 64.0 Å². The highest BCUT2D eigenvalue weighted by Crippen LogP contribution is 2.34. The van der Waals surface area contributed by atoms with Crippen LogP contribution in [0.4, 0.5) is 5.13 Å². The third-order valence-corrected chi connectivity index (χ3v) is 5.71. The van der Waals surface area contributed by atoms with Crippen LogP contribution in [-0.2, 0) is 0 Å². The highest BCUT2D eigenvalue weighted by Gasteiger charge is 2.13. The molecule has 5 nitrogen and oxygen atoms in total. The van der Waals surface area contributed by atoms with E-state index < -0.39 is 0 Å². The molecule has 2 aromatic heterocycles. The van der Waals surface area contributed by atoms with Gasteiger partial charge >= 0.3 is 5.13 Å². The van der Waals surface area contributed by atoms with E-state index in [0.29, 0.717) is 0 Å². The van der Waals surface area contributed by atoms with Crippen LogP contribution < -0.4 is 10.2 Å². The molecule has 0 aliphatic carbocycles. The molecule has 2 heterocycles. The van der Waals surface area contributed by atoms with Crippen molar-refractivity contribution in [3.63, 3.8) is 0 Å². The van der Waals surface area contributed by atoms with Crippen LogP contribution in [0.25, 0.3) is 9.75 Å². The Balaban J connectivity index is 1.73. The molecule has 0 bridgehead atoms. The summed E-state index contributed by atoms with van der Waals surface area (Å²) in [5.41, 5.74) is 4.89. The zero-order valence-corrected chi connectivity index (χ0v) is 15.7. The van der Waals surface area contributed by atoms with Gasteiger partial charge in [-0.05, 0) is 45.0 Å². The summed E-state index contributed by atoms with van der Waals surface area (Å²) in [6.45, 7) is 6.05. The number of rotatable bonds is 5. The summed E-state index contributed by atoms with van der Waals surface area (Å²) >= 11 is 3.34. The van der Waals surface area contributed by atoms with Gasteiger partial charge in [-0.15, -0.1) is 11.3 Å². The number of thiazole rings is 2. The first kappa shape index (κ1) is 16.8. The number of hydrogen-bond donors (Lipinski definition) is 1. The van der Waals surface area contributed by atoms with E-state index in [-0.39, 0.29) is 0 Å². The smallest absolute Gasteiger partial charge is 0.310 e. The fourth-order valence-electron chi connectivity index (χ4n) is 2.27. The number of benzene rings is 1. The van der Waals surface area contributed by atoms with Gasteiger partial charge in [-0.3, -0.25) is 0 Å². The maximum Gasteiger partial charge on any atom is 0.310 e. The lowest BCUT2D eigenvalue weighted by atomic mass is 10.1. The molecule has 24 heavy (non-hydrogen) atoms. The van der Waals surface area contributed by atoms with Crippen LogP contribution in [0.15, 0.2) is 35.6 Å². The molecular formula is C17H19N4OS2+. The number of quaternary nitrogens is 1. The Hall–Kier alpha value is -2.09. The zero-order valence-electron chi connectivity index (χ0n) is 14.0. The molecule has 0 amide bonds. The number of ether oxygens (including phenoxy) is 1. The Bertz CT molecular complexity index is 865. The number of aromatic nitrogens is 2. The molecule has 3 aromatic rings. The number of nitrogens with zero attached hydrogens (tertiary/aromatic N) is 3. The fourth-order valence-corrected chi connectivity index (χ4v) is 4.13. The largest absolute Gasteiger partial charge is 0.497 e. The fraction of sp³-hybridized carbons (Fsp3) is 0.235. The Kier molecular flexibility index (Phi) is 5.03. The Morgan fingerprint density at radius 2 is 1.92 bits per heavy atom. The van der Waals surface area contributed by atoms with Crippen LogP contribution >= 0.6 is 22.7 Å². The van der Waals surface area contributed by atoms with Crippen molar-refractivity contribution in [1.82, 2.24) is 9.97 Å². The van der Waals surface area contributed by atoms with Crippen LogP contribution in [0.5, 0.6) is 5.75 Å². The van der Waals surface area contributed by atoms with Gasteiger partial charge in [0, 0.05) is 5.56 Å². The molecule has 0 atom stereocenters. The Morgan fingerprint density at radius 1 is 1.17 bits per heavy atom. The second-order valence-electron chi connectivity index (χ2n) is 5.28. The van der Waals surface area contributed by atoms with Crippen molar-refractivity contribution in [3.8, 4) is 15.5 Å².